The number of hydrogen-bond donors (Lipinski definition) is 2. The number of fused-ring (bicyclic) bond motifs is 1. The molecule has 0 atom stereocenters. The molecule has 2 amide bonds. The molecule has 0 unspecified atom stereocenters. The Hall–Kier alpha value is -3.94. The molecule has 154 valence electrons. The SMILES string of the molecule is COc1ccc(C2=C3C(=O)NC(c4ccc(OC)c(OC)c4)=C3C(=O)N2)cc1OC. The second kappa shape index (κ2) is 7.47. The van der Waals surface area contributed by atoms with E-state index in [1.54, 1.807) is 36.4 Å². The van der Waals surface area contributed by atoms with Crippen LogP contribution in [0, 0.1) is 0 Å². The van der Waals surface area contributed by atoms with Crippen molar-refractivity contribution in [1.82, 2.24) is 10.6 Å². The van der Waals surface area contributed by atoms with Crippen LogP contribution in [0.15, 0.2) is 47.5 Å². The quantitative estimate of drug-likeness (QED) is 0.760. The summed E-state index contributed by atoms with van der Waals surface area (Å²) in [5, 5.41) is 5.62. The van der Waals surface area contributed by atoms with Gasteiger partial charge in [-0.25, -0.2) is 0 Å². The molecule has 0 fully saturated rings. The summed E-state index contributed by atoms with van der Waals surface area (Å²) in [6.07, 6.45) is 0. The van der Waals surface area contributed by atoms with E-state index in [1.807, 2.05) is 0 Å². The average molecular weight is 408 g/mol. The molecular weight excluding hydrogens is 388 g/mol. The van der Waals surface area contributed by atoms with Crippen molar-refractivity contribution in [2.24, 2.45) is 0 Å². The number of amides is 2. The summed E-state index contributed by atoms with van der Waals surface area (Å²) in [4.78, 5) is 25.6. The Kier molecular flexibility index (Phi) is 4.83. The number of benzene rings is 2. The van der Waals surface area contributed by atoms with Gasteiger partial charge in [-0.2, -0.15) is 0 Å². The third-order valence-electron chi connectivity index (χ3n) is 5.03. The summed E-state index contributed by atoms with van der Waals surface area (Å²) >= 11 is 0. The summed E-state index contributed by atoms with van der Waals surface area (Å²) in [7, 11) is 6.12. The van der Waals surface area contributed by atoms with Crippen LogP contribution in [-0.4, -0.2) is 40.3 Å². The topological polar surface area (TPSA) is 95.1 Å². The Morgan fingerprint density at radius 3 is 1.27 bits per heavy atom. The third-order valence-corrected chi connectivity index (χ3v) is 5.03. The minimum absolute atomic E-state index is 0.289. The molecular formula is C22H20N2O6. The molecule has 0 aromatic heterocycles. The highest BCUT2D eigenvalue weighted by Gasteiger charge is 2.41. The number of rotatable bonds is 6. The van der Waals surface area contributed by atoms with Crippen LogP contribution in [0.25, 0.3) is 11.4 Å². The van der Waals surface area contributed by atoms with Crippen molar-refractivity contribution in [1.29, 1.82) is 0 Å². The Morgan fingerprint density at radius 2 is 0.933 bits per heavy atom. The predicted octanol–water partition coefficient (Wildman–Crippen LogP) is 2.10. The fraction of sp³-hybridized carbons (Fsp3) is 0.182. The Labute approximate surface area is 173 Å². The van der Waals surface area contributed by atoms with Crippen molar-refractivity contribution in [2.45, 2.75) is 0 Å². The maximum Gasteiger partial charge on any atom is 0.258 e. The van der Waals surface area contributed by atoms with Gasteiger partial charge in [0.1, 0.15) is 0 Å². The maximum atomic E-state index is 12.8. The van der Waals surface area contributed by atoms with Crippen molar-refractivity contribution >= 4 is 23.2 Å². The largest absolute Gasteiger partial charge is 0.493 e. The summed E-state index contributed by atoms with van der Waals surface area (Å²) in [5.41, 5.74) is 2.69. The highest BCUT2D eigenvalue weighted by atomic mass is 16.5. The van der Waals surface area contributed by atoms with Crippen LogP contribution in [0.5, 0.6) is 23.0 Å². The van der Waals surface area contributed by atoms with E-state index in [0.717, 1.165) is 0 Å². The van der Waals surface area contributed by atoms with Crippen molar-refractivity contribution in [2.75, 3.05) is 28.4 Å². The van der Waals surface area contributed by atoms with Gasteiger partial charge in [-0.15, -0.1) is 0 Å². The van der Waals surface area contributed by atoms with Crippen LogP contribution < -0.4 is 29.6 Å². The zero-order chi connectivity index (χ0) is 21.4. The molecule has 0 saturated heterocycles. The Morgan fingerprint density at radius 1 is 0.567 bits per heavy atom. The van der Waals surface area contributed by atoms with Gasteiger partial charge in [0, 0.05) is 11.1 Å². The molecule has 8 heteroatoms. The van der Waals surface area contributed by atoms with Gasteiger partial charge < -0.3 is 29.6 Å². The van der Waals surface area contributed by atoms with E-state index >= 15 is 0 Å². The number of carbonyl (C=O) groups excluding carboxylic acids is 2. The predicted molar refractivity (Wildman–Crippen MR) is 109 cm³/mol. The lowest BCUT2D eigenvalue weighted by Crippen LogP contribution is -2.21. The number of methoxy groups -OCH3 is 4. The van der Waals surface area contributed by atoms with E-state index in [1.165, 1.54) is 28.4 Å². The van der Waals surface area contributed by atoms with Gasteiger partial charge in [0.2, 0.25) is 0 Å². The highest BCUT2D eigenvalue weighted by Crippen LogP contribution is 2.40. The van der Waals surface area contributed by atoms with E-state index in [0.29, 0.717) is 45.5 Å². The number of hydrogen-bond acceptors (Lipinski definition) is 6. The molecule has 2 N–H and O–H groups in total. The monoisotopic (exact) mass is 408 g/mol. The second-order valence-electron chi connectivity index (χ2n) is 6.55. The van der Waals surface area contributed by atoms with Crippen LogP contribution in [0.2, 0.25) is 0 Å². The zero-order valence-corrected chi connectivity index (χ0v) is 16.9. The minimum atomic E-state index is -0.363. The first-order valence-electron chi connectivity index (χ1n) is 9.08. The number of nitrogens with one attached hydrogen (secondary N) is 2. The van der Waals surface area contributed by atoms with E-state index in [4.69, 9.17) is 18.9 Å². The first-order chi connectivity index (χ1) is 14.5. The second-order valence-corrected chi connectivity index (χ2v) is 6.55. The van der Waals surface area contributed by atoms with Gasteiger partial charge in [-0.1, -0.05) is 0 Å². The van der Waals surface area contributed by atoms with Gasteiger partial charge >= 0.3 is 0 Å². The van der Waals surface area contributed by atoms with Crippen LogP contribution >= 0.6 is 0 Å². The van der Waals surface area contributed by atoms with Crippen LogP contribution in [0.1, 0.15) is 11.1 Å². The molecule has 30 heavy (non-hydrogen) atoms. The maximum absolute atomic E-state index is 12.8. The molecule has 2 aromatic rings. The van der Waals surface area contributed by atoms with Crippen molar-refractivity contribution < 1.29 is 28.5 Å². The fourth-order valence-electron chi connectivity index (χ4n) is 3.60. The van der Waals surface area contributed by atoms with Crippen LogP contribution in [-0.2, 0) is 9.59 Å². The summed E-state index contributed by atoms with van der Waals surface area (Å²) in [6.45, 7) is 0. The van der Waals surface area contributed by atoms with Crippen LogP contribution in [0.4, 0.5) is 0 Å². The molecule has 4 rings (SSSR count). The first-order valence-corrected chi connectivity index (χ1v) is 9.08. The molecule has 2 aliphatic rings. The smallest absolute Gasteiger partial charge is 0.258 e. The summed E-state index contributed by atoms with van der Waals surface area (Å²) in [5.74, 6) is 1.36. The third kappa shape index (κ3) is 2.93. The highest BCUT2D eigenvalue weighted by molar-refractivity contribution is 6.30. The number of carbonyl (C=O) groups is 2. The zero-order valence-electron chi connectivity index (χ0n) is 16.9. The Bertz CT molecular complexity index is 1040. The van der Waals surface area contributed by atoms with E-state index in [-0.39, 0.29) is 23.0 Å². The van der Waals surface area contributed by atoms with Gasteiger partial charge in [0.05, 0.1) is 51.0 Å². The van der Waals surface area contributed by atoms with Crippen molar-refractivity contribution in [3.8, 4) is 23.0 Å². The molecule has 0 aliphatic carbocycles. The van der Waals surface area contributed by atoms with Gasteiger partial charge in [-0.3, -0.25) is 9.59 Å². The van der Waals surface area contributed by atoms with E-state index < -0.39 is 0 Å². The minimum Gasteiger partial charge on any atom is -0.493 e. The van der Waals surface area contributed by atoms with Gasteiger partial charge in [0.25, 0.3) is 11.8 Å². The average Bonchev–Trinajstić information content (AvgIpc) is 3.30. The van der Waals surface area contributed by atoms with Crippen LogP contribution in [0.3, 0.4) is 0 Å². The lowest BCUT2D eigenvalue weighted by atomic mass is 10.0. The van der Waals surface area contributed by atoms with Crippen molar-refractivity contribution in [3.05, 3.63) is 58.7 Å². The summed E-state index contributed by atoms with van der Waals surface area (Å²) < 4.78 is 21.2. The van der Waals surface area contributed by atoms with E-state index in [9.17, 15) is 9.59 Å². The number of ether oxygens (including phenoxy) is 4. The molecule has 0 saturated carbocycles. The first kappa shape index (κ1) is 19.4. The molecule has 2 heterocycles. The fourth-order valence-corrected chi connectivity index (χ4v) is 3.60. The molecule has 0 bridgehead atoms. The molecule has 2 aromatic carbocycles. The lowest BCUT2D eigenvalue weighted by Gasteiger charge is -2.12. The van der Waals surface area contributed by atoms with Gasteiger partial charge in [0.15, 0.2) is 23.0 Å². The summed E-state index contributed by atoms with van der Waals surface area (Å²) in [6, 6.07) is 10.4. The molecule has 8 nitrogen and oxygen atoms in total. The van der Waals surface area contributed by atoms with E-state index in [2.05, 4.69) is 10.6 Å². The normalized spacial score (nSPS) is 15.1. The molecule has 0 radical (unpaired) electrons. The molecule has 2 aliphatic heterocycles. The standard InChI is InChI=1S/C22H20N2O6/c1-27-13-7-5-11(9-15(13)29-3)19-17-18(22(26)23-19)20(24-21(17)25)12-6-8-14(28-2)16(10-12)30-4/h5-10H,1-4H3,(H,23,26)(H,24,25). The Balaban J connectivity index is 1.85. The lowest BCUT2D eigenvalue weighted by molar-refractivity contribution is -0.117. The van der Waals surface area contributed by atoms with Crippen molar-refractivity contribution in [3.63, 3.8) is 0 Å². The molecule has 0 spiro atoms. The van der Waals surface area contributed by atoms with Gasteiger partial charge in [-0.05, 0) is 36.4 Å².